The average molecular weight is 297 g/mol. The Morgan fingerprint density at radius 2 is 1.75 bits per heavy atom. The zero-order valence-corrected chi connectivity index (χ0v) is 13.7. The Labute approximate surface area is 123 Å². The lowest BCUT2D eigenvalue weighted by Crippen LogP contribution is -2.39. The number of hydrogen-bond donors (Lipinski definition) is 1. The highest BCUT2D eigenvalue weighted by Gasteiger charge is 2.31. The molecule has 0 saturated carbocycles. The molecule has 0 aliphatic heterocycles. The van der Waals surface area contributed by atoms with E-state index in [2.05, 4.69) is 31.3 Å². The molecule has 1 unspecified atom stereocenters. The minimum Gasteiger partial charge on any atom is -0.316 e. The van der Waals surface area contributed by atoms with Crippen molar-refractivity contribution in [1.82, 2.24) is 5.32 Å². The van der Waals surface area contributed by atoms with E-state index in [1.807, 2.05) is 18.2 Å². The fourth-order valence-corrected chi connectivity index (χ4v) is 3.48. The Bertz CT molecular complexity index is 484. The Morgan fingerprint density at radius 1 is 1.10 bits per heavy atom. The molecule has 0 fully saturated rings. The summed E-state index contributed by atoms with van der Waals surface area (Å²) < 4.78 is 23.7. The van der Waals surface area contributed by atoms with E-state index in [1.165, 1.54) is 5.56 Å². The lowest BCUT2D eigenvalue weighted by atomic mass is 9.75. The van der Waals surface area contributed by atoms with Gasteiger partial charge in [0.05, 0.1) is 5.75 Å². The van der Waals surface area contributed by atoms with E-state index in [0.717, 1.165) is 19.5 Å². The average Bonchev–Trinajstić information content (AvgIpc) is 2.49. The van der Waals surface area contributed by atoms with Crippen molar-refractivity contribution < 1.29 is 8.42 Å². The predicted octanol–water partition coefficient (Wildman–Crippen LogP) is 2.77. The molecular formula is C16H27NO2S. The highest BCUT2D eigenvalue weighted by Crippen LogP contribution is 2.31. The number of rotatable bonds is 9. The standard InChI is InChI=1S/C16H27NO2S/c1-4-16(14-17-5-2,12-13-20(18,19)6-3)15-10-8-7-9-11-15/h7-11,17H,4-6,12-14H2,1-3H3. The first-order chi connectivity index (χ1) is 9.49. The molecule has 0 aromatic heterocycles. The number of likely N-dealkylation sites (N-methyl/N-ethyl adjacent to an activating group) is 1. The fourth-order valence-electron chi connectivity index (χ4n) is 2.49. The van der Waals surface area contributed by atoms with Gasteiger partial charge in [-0.1, -0.05) is 51.1 Å². The maximum atomic E-state index is 11.8. The van der Waals surface area contributed by atoms with Crippen LogP contribution in [-0.2, 0) is 15.3 Å². The summed E-state index contributed by atoms with van der Waals surface area (Å²) in [6.45, 7) is 7.66. The summed E-state index contributed by atoms with van der Waals surface area (Å²) in [4.78, 5) is 0. The lowest BCUT2D eigenvalue weighted by Gasteiger charge is -2.34. The van der Waals surface area contributed by atoms with Gasteiger partial charge in [-0.3, -0.25) is 0 Å². The van der Waals surface area contributed by atoms with Gasteiger partial charge in [-0.05, 0) is 24.9 Å². The van der Waals surface area contributed by atoms with Gasteiger partial charge >= 0.3 is 0 Å². The first-order valence-electron chi connectivity index (χ1n) is 7.46. The lowest BCUT2D eigenvalue weighted by molar-refractivity contribution is 0.372. The second kappa shape index (κ2) is 7.79. The molecule has 20 heavy (non-hydrogen) atoms. The third kappa shape index (κ3) is 4.60. The predicted molar refractivity (Wildman–Crippen MR) is 85.9 cm³/mol. The third-order valence-electron chi connectivity index (χ3n) is 4.11. The molecule has 0 aliphatic rings. The van der Waals surface area contributed by atoms with Gasteiger partial charge in [0.2, 0.25) is 0 Å². The van der Waals surface area contributed by atoms with Crippen LogP contribution >= 0.6 is 0 Å². The van der Waals surface area contributed by atoms with Crippen LogP contribution in [0.3, 0.4) is 0 Å². The summed E-state index contributed by atoms with van der Waals surface area (Å²) in [5, 5.41) is 3.40. The summed E-state index contributed by atoms with van der Waals surface area (Å²) in [5.41, 5.74) is 1.13. The zero-order chi connectivity index (χ0) is 15.1. The minimum atomic E-state index is -2.92. The van der Waals surface area contributed by atoms with Crippen LogP contribution < -0.4 is 5.32 Å². The summed E-state index contributed by atoms with van der Waals surface area (Å²) in [6, 6.07) is 10.3. The Morgan fingerprint density at radius 3 is 2.25 bits per heavy atom. The molecule has 1 rings (SSSR count). The second-order valence-electron chi connectivity index (χ2n) is 5.27. The van der Waals surface area contributed by atoms with Gasteiger partial charge in [0.1, 0.15) is 9.84 Å². The maximum absolute atomic E-state index is 11.8. The van der Waals surface area contributed by atoms with Crippen LogP contribution in [-0.4, -0.2) is 33.0 Å². The second-order valence-corrected chi connectivity index (χ2v) is 7.74. The third-order valence-corrected chi connectivity index (χ3v) is 5.81. The van der Waals surface area contributed by atoms with E-state index in [9.17, 15) is 8.42 Å². The Balaban J connectivity index is 3.00. The minimum absolute atomic E-state index is 0.0977. The van der Waals surface area contributed by atoms with Crippen molar-refractivity contribution in [3.63, 3.8) is 0 Å². The summed E-state index contributed by atoms with van der Waals surface area (Å²) in [6.07, 6.45) is 1.61. The maximum Gasteiger partial charge on any atom is 0.150 e. The molecular weight excluding hydrogens is 270 g/mol. The highest BCUT2D eigenvalue weighted by molar-refractivity contribution is 7.91. The number of sulfone groups is 1. The van der Waals surface area contributed by atoms with E-state index in [0.29, 0.717) is 6.42 Å². The molecule has 1 aromatic rings. The monoisotopic (exact) mass is 297 g/mol. The summed E-state index contributed by atoms with van der Waals surface area (Å²) in [7, 11) is -2.92. The summed E-state index contributed by atoms with van der Waals surface area (Å²) in [5.74, 6) is 0.487. The van der Waals surface area contributed by atoms with Gasteiger partial charge in [0, 0.05) is 17.7 Å². The molecule has 4 heteroatoms. The smallest absolute Gasteiger partial charge is 0.150 e. The molecule has 0 saturated heterocycles. The molecule has 0 amide bonds. The van der Waals surface area contributed by atoms with Crippen molar-refractivity contribution in [2.75, 3.05) is 24.6 Å². The van der Waals surface area contributed by atoms with Crippen LogP contribution in [0.15, 0.2) is 30.3 Å². The van der Waals surface area contributed by atoms with Crippen molar-refractivity contribution in [2.45, 2.75) is 39.0 Å². The normalized spacial score (nSPS) is 14.9. The SMILES string of the molecule is CCNCC(CC)(CCS(=O)(=O)CC)c1ccccc1. The van der Waals surface area contributed by atoms with Crippen molar-refractivity contribution in [2.24, 2.45) is 0 Å². The number of hydrogen-bond acceptors (Lipinski definition) is 3. The molecule has 0 heterocycles. The molecule has 1 aromatic carbocycles. The topological polar surface area (TPSA) is 46.2 Å². The van der Waals surface area contributed by atoms with E-state index in [-0.39, 0.29) is 16.9 Å². The van der Waals surface area contributed by atoms with Crippen LogP contribution in [0.4, 0.5) is 0 Å². The van der Waals surface area contributed by atoms with Gasteiger partial charge in [-0.25, -0.2) is 8.42 Å². The van der Waals surface area contributed by atoms with Gasteiger partial charge in [0.25, 0.3) is 0 Å². The molecule has 1 N–H and O–H groups in total. The Kier molecular flexibility index (Phi) is 6.69. The largest absolute Gasteiger partial charge is 0.316 e. The quantitative estimate of drug-likeness (QED) is 0.762. The first kappa shape index (κ1) is 17.2. The Hall–Kier alpha value is -0.870. The number of benzene rings is 1. The van der Waals surface area contributed by atoms with Crippen molar-refractivity contribution in [3.05, 3.63) is 35.9 Å². The molecule has 114 valence electrons. The van der Waals surface area contributed by atoms with Crippen LogP contribution in [0, 0.1) is 0 Å². The van der Waals surface area contributed by atoms with Gasteiger partial charge in [0.15, 0.2) is 0 Å². The van der Waals surface area contributed by atoms with Gasteiger partial charge < -0.3 is 5.32 Å². The van der Waals surface area contributed by atoms with E-state index in [1.54, 1.807) is 6.92 Å². The van der Waals surface area contributed by atoms with Crippen LogP contribution in [0.1, 0.15) is 39.2 Å². The molecule has 0 radical (unpaired) electrons. The van der Waals surface area contributed by atoms with Crippen LogP contribution in [0.5, 0.6) is 0 Å². The fraction of sp³-hybridized carbons (Fsp3) is 0.625. The molecule has 0 spiro atoms. The number of nitrogens with one attached hydrogen (secondary N) is 1. The summed E-state index contributed by atoms with van der Waals surface area (Å²) >= 11 is 0. The van der Waals surface area contributed by atoms with E-state index in [4.69, 9.17) is 0 Å². The van der Waals surface area contributed by atoms with Crippen molar-refractivity contribution >= 4 is 9.84 Å². The van der Waals surface area contributed by atoms with E-state index >= 15 is 0 Å². The molecule has 0 bridgehead atoms. The molecule has 1 atom stereocenters. The molecule has 3 nitrogen and oxygen atoms in total. The van der Waals surface area contributed by atoms with E-state index < -0.39 is 9.84 Å². The van der Waals surface area contributed by atoms with Gasteiger partial charge in [-0.2, -0.15) is 0 Å². The van der Waals surface area contributed by atoms with Crippen molar-refractivity contribution in [1.29, 1.82) is 0 Å². The van der Waals surface area contributed by atoms with Crippen LogP contribution in [0.2, 0.25) is 0 Å². The van der Waals surface area contributed by atoms with Gasteiger partial charge in [-0.15, -0.1) is 0 Å². The highest BCUT2D eigenvalue weighted by atomic mass is 32.2. The first-order valence-corrected chi connectivity index (χ1v) is 9.28. The van der Waals surface area contributed by atoms with Crippen molar-refractivity contribution in [3.8, 4) is 0 Å². The molecule has 0 aliphatic carbocycles. The van der Waals surface area contributed by atoms with Crippen LogP contribution in [0.25, 0.3) is 0 Å². The zero-order valence-electron chi connectivity index (χ0n) is 12.9.